The minimum Gasteiger partial charge on any atom is -0.467 e. The predicted molar refractivity (Wildman–Crippen MR) is 64.3 cm³/mol. The van der Waals surface area contributed by atoms with Crippen LogP contribution in [-0.2, 0) is 9.53 Å². The summed E-state index contributed by atoms with van der Waals surface area (Å²) in [5.74, 6) is -1.26. The summed E-state index contributed by atoms with van der Waals surface area (Å²) in [7, 11) is 1.17. The summed E-state index contributed by atoms with van der Waals surface area (Å²) in [6, 6.07) is 1.79. The van der Waals surface area contributed by atoms with Crippen molar-refractivity contribution >= 4 is 23.5 Å². The summed E-state index contributed by atoms with van der Waals surface area (Å²) < 4.78 is 4.44. The average Bonchev–Trinajstić information content (AvgIpc) is 2.33. The first-order valence-electron chi connectivity index (χ1n) is 5.11. The van der Waals surface area contributed by atoms with E-state index in [1.165, 1.54) is 19.2 Å². The average molecular weight is 273 g/mol. The molecule has 0 saturated carbocycles. The van der Waals surface area contributed by atoms with E-state index in [1.807, 2.05) is 0 Å². The van der Waals surface area contributed by atoms with Crippen LogP contribution in [-0.4, -0.2) is 41.7 Å². The Kier molecular flexibility index (Phi) is 5.06. The van der Waals surface area contributed by atoms with Crippen LogP contribution in [0.1, 0.15) is 16.1 Å². The first-order valence-corrected chi connectivity index (χ1v) is 5.49. The normalized spacial score (nSPS) is 11.8. The molecule has 1 heterocycles. The molecule has 6 nitrogen and oxygen atoms in total. The van der Waals surface area contributed by atoms with E-state index in [-0.39, 0.29) is 10.7 Å². The summed E-state index contributed by atoms with van der Waals surface area (Å²) in [4.78, 5) is 26.9. The molecule has 0 saturated heterocycles. The molecule has 0 aliphatic heterocycles. The minimum atomic E-state index is -1.10. The molecule has 7 heteroatoms. The molecule has 0 radical (unpaired) electrons. The monoisotopic (exact) mass is 272 g/mol. The van der Waals surface area contributed by atoms with Gasteiger partial charge in [-0.2, -0.15) is 0 Å². The molecular weight excluding hydrogens is 260 g/mol. The number of pyridine rings is 1. The number of hydrogen-bond acceptors (Lipinski definition) is 5. The van der Waals surface area contributed by atoms with Crippen LogP contribution in [0.15, 0.2) is 12.1 Å². The van der Waals surface area contributed by atoms with Gasteiger partial charge in [0.15, 0.2) is 6.04 Å². The van der Waals surface area contributed by atoms with Crippen LogP contribution in [0, 0.1) is 6.92 Å². The van der Waals surface area contributed by atoms with E-state index >= 15 is 0 Å². The van der Waals surface area contributed by atoms with Crippen LogP contribution >= 0.6 is 11.6 Å². The molecule has 0 spiro atoms. The molecule has 0 aliphatic rings. The third kappa shape index (κ3) is 3.68. The molecular formula is C11H13ClN2O4. The number of hydrogen-bond donors (Lipinski definition) is 2. The Morgan fingerprint density at radius 1 is 1.56 bits per heavy atom. The van der Waals surface area contributed by atoms with Crippen LogP contribution in [0.5, 0.6) is 0 Å². The van der Waals surface area contributed by atoms with Crippen LogP contribution in [0.4, 0.5) is 0 Å². The van der Waals surface area contributed by atoms with Gasteiger partial charge in [0, 0.05) is 11.3 Å². The zero-order valence-electron chi connectivity index (χ0n) is 9.94. The maximum Gasteiger partial charge on any atom is 0.330 e. The fourth-order valence-electron chi connectivity index (χ4n) is 1.32. The molecule has 1 aromatic heterocycles. The van der Waals surface area contributed by atoms with E-state index in [0.29, 0.717) is 5.69 Å². The molecule has 1 rings (SSSR count). The van der Waals surface area contributed by atoms with Gasteiger partial charge in [-0.05, 0) is 19.1 Å². The molecule has 2 N–H and O–H groups in total. The second kappa shape index (κ2) is 6.32. The SMILES string of the molecule is COC(=O)C(CO)NC(=O)c1cc(C)nc(Cl)c1. The zero-order valence-corrected chi connectivity index (χ0v) is 10.7. The topological polar surface area (TPSA) is 88.5 Å². The quantitative estimate of drug-likeness (QED) is 0.608. The molecule has 0 fully saturated rings. The van der Waals surface area contributed by atoms with Gasteiger partial charge >= 0.3 is 5.97 Å². The van der Waals surface area contributed by atoms with Gasteiger partial charge < -0.3 is 15.2 Å². The molecule has 0 aromatic carbocycles. The largest absolute Gasteiger partial charge is 0.467 e. The van der Waals surface area contributed by atoms with Crippen molar-refractivity contribution in [1.82, 2.24) is 10.3 Å². The number of esters is 1. The Labute approximate surface area is 109 Å². The van der Waals surface area contributed by atoms with Crippen molar-refractivity contribution in [3.63, 3.8) is 0 Å². The van der Waals surface area contributed by atoms with Gasteiger partial charge in [0.25, 0.3) is 5.91 Å². The van der Waals surface area contributed by atoms with Crippen LogP contribution in [0.3, 0.4) is 0 Å². The van der Waals surface area contributed by atoms with Gasteiger partial charge in [-0.15, -0.1) is 0 Å². The van der Waals surface area contributed by atoms with Crippen molar-refractivity contribution in [3.05, 3.63) is 28.5 Å². The molecule has 0 aliphatic carbocycles. The van der Waals surface area contributed by atoms with Crippen molar-refractivity contribution in [1.29, 1.82) is 0 Å². The van der Waals surface area contributed by atoms with Crippen molar-refractivity contribution in [3.8, 4) is 0 Å². The van der Waals surface area contributed by atoms with Crippen LogP contribution in [0.2, 0.25) is 5.15 Å². The van der Waals surface area contributed by atoms with E-state index in [1.54, 1.807) is 6.92 Å². The first-order chi connectivity index (χ1) is 8.47. The van der Waals surface area contributed by atoms with Crippen molar-refractivity contribution in [2.45, 2.75) is 13.0 Å². The van der Waals surface area contributed by atoms with Crippen molar-refractivity contribution in [2.75, 3.05) is 13.7 Å². The van der Waals surface area contributed by atoms with Crippen LogP contribution in [0.25, 0.3) is 0 Å². The van der Waals surface area contributed by atoms with Crippen molar-refractivity contribution in [2.24, 2.45) is 0 Å². The van der Waals surface area contributed by atoms with E-state index in [2.05, 4.69) is 15.0 Å². The number of aromatic nitrogens is 1. The Hall–Kier alpha value is -1.66. The second-order valence-electron chi connectivity index (χ2n) is 3.55. The predicted octanol–water partition coefficient (Wildman–Crippen LogP) is 0.307. The highest BCUT2D eigenvalue weighted by Crippen LogP contribution is 2.10. The molecule has 98 valence electrons. The highest BCUT2D eigenvalue weighted by molar-refractivity contribution is 6.29. The number of halogens is 1. The number of ether oxygens (including phenoxy) is 1. The summed E-state index contributed by atoms with van der Waals surface area (Å²) >= 11 is 5.72. The Morgan fingerprint density at radius 3 is 2.72 bits per heavy atom. The fourth-order valence-corrected chi connectivity index (χ4v) is 1.57. The van der Waals surface area contributed by atoms with Crippen LogP contribution < -0.4 is 5.32 Å². The second-order valence-corrected chi connectivity index (χ2v) is 3.94. The van der Waals surface area contributed by atoms with Crippen molar-refractivity contribution < 1.29 is 19.4 Å². The lowest BCUT2D eigenvalue weighted by Gasteiger charge is -2.14. The molecule has 1 unspecified atom stereocenters. The number of aliphatic hydroxyl groups is 1. The lowest BCUT2D eigenvalue weighted by Crippen LogP contribution is -2.44. The maximum atomic E-state index is 11.8. The van der Waals surface area contributed by atoms with Gasteiger partial charge in [-0.3, -0.25) is 4.79 Å². The maximum absolute atomic E-state index is 11.8. The molecule has 1 amide bonds. The Morgan fingerprint density at radius 2 is 2.22 bits per heavy atom. The summed E-state index contributed by atoms with van der Waals surface area (Å²) in [6.45, 7) is 1.14. The zero-order chi connectivity index (χ0) is 13.7. The fraction of sp³-hybridized carbons (Fsp3) is 0.364. The molecule has 1 atom stereocenters. The highest BCUT2D eigenvalue weighted by atomic mass is 35.5. The van der Waals surface area contributed by atoms with Gasteiger partial charge in [-0.25, -0.2) is 9.78 Å². The summed E-state index contributed by atoms with van der Waals surface area (Å²) in [5, 5.41) is 11.5. The van der Waals surface area contributed by atoms with E-state index in [0.717, 1.165) is 0 Å². The third-order valence-electron chi connectivity index (χ3n) is 2.16. The lowest BCUT2D eigenvalue weighted by molar-refractivity contribution is -0.143. The highest BCUT2D eigenvalue weighted by Gasteiger charge is 2.21. The molecule has 1 aromatic rings. The standard InChI is InChI=1S/C11H13ClN2O4/c1-6-3-7(4-9(12)13-6)10(16)14-8(5-15)11(17)18-2/h3-4,8,15H,5H2,1-2H3,(H,14,16). The number of rotatable bonds is 4. The Bertz CT molecular complexity index is 444. The third-order valence-corrected chi connectivity index (χ3v) is 2.35. The van der Waals surface area contributed by atoms with E-state index < -0.39 is 24.5 Å². The number of aliphatic hydroxyl groups excluding tert-OH is 1. The number of methoxy groups -OCH3 is 1. The number of aryl methyl sites for hydroxylation is 1. The van der Waals surface area contributed by atoms with Gasteiger partial charge in [0.05, 0.1) is 13.7 Å². The van der Waals surface area contributed by atoms with Gasteiger partial charge in [-0.1, -0.05) is 11.6 Å². The van der Waals surface area contributed by atoms with E-state index in [9.17, 15) is 9.59 Å². The lowest BCUT2D eigenvalue weighted by atomic mass is 10.2. The number of nitrogens with zero attached hydrogens (tertiary/aromatic N) is 1. The number of nitrogens with one attached hydrogen (secondary N) is 1. The van der Waals surface area contributed by atoms with Gasteiger partial charge in [0.2, 0.25) is 0 Å². The first kappa shape index (κ1) is 14.4. The smallest absolute Gasteiger partial charge is 0.330 e. The minimum absolute atomic E-state index is 0.179. The van der Waals surface area contributed by atoms with E-state index in [4.69, 9.17) is 16.7 Å². The number of carbonyl (C=O) groups is 2. The van der Waals surface area contributed by atoms with Gasteiger partial charge in [0.1, 0.15) is 5.15 Å². The summed E-state index contributed by atoms with van der Waals surface area (Å²) in [6.07, 6.45) is 0. The number of carbonyl (C=O) groups excluding carboxylic acids is 2. The molecule has 18 heavy (non-hydrogen) atoms. The number of amides is 1. The Balaban J connectivity index is 2.84. The summed E-state index contributed by atoms with van der Waals surface area (Å²) in [5.41, 5.74) is 0.834. The molecule has 0 bridgehead atoms.